The molecule has 1 saturated heterocycles. The maximum Gasteiger partial charge on any atom is 0.416 e. The van der Waals surface area contributed by atoms with Gasteiger partial charge >= 0.3 is 6.18 Å². The van der Waals surface area contributed by atoms with Gasteiger partial charge in [0.25, 0.3) is 5.91 Å². The number of ether oxygens (including phenoxy) is 1. The summed E-state index contributed by atoms with van der Waals surface area (Å²) in [5.41, 5.74) is 1.24. The van der Waals surface area contributed by atoms with E-state index in [0.29, 0.717) is 43.9 Å². The maximum atomic E-state index is 13.1. The van der Waals surface area contributed by atoms with Crippen LogP contribution in [0, 0.1) is 0 Å². The van der Waals surface area contributed by atoms with E-state index in [4.69, 9.17) is 4.74 Å². The molecule has 3 aromatic rings. The Hall–Kier alpha value is -3.44. The highest BCUT2D eigenvalue weighted by atomic mass is 19.4. The van der Waals surface area contributed by atoms with Crippen molar-refractivity contribution in [1.82, 2.24) is 14.9 Å². The molecule has 0 spiro atoms. The Morgan fingerprint density at radius 3 is 2.76 bits per heavy atom. The van der Waals surface area contributed by atoms with Gasteiger partial charge in [0.15, 0.2) is 0 Å². The Bertz CT molecular complexity index is 1280. The minimum Gasteiger partial charge on any atom is -0.385 e. The van der Waals surface area contributed by atoms with E-state index >= 15 is 0 Å². The molecule has 0 aliphatic carbocycles. The molecule has 180 valence electrons. The highest BCUT2D eigenvalue weighted by molar-refractivity contribution is 5.97. The fourth-order valence-corrected chi connectivity index (χ4v) is 3.88. The molecule has 8 nitrogen and oxygen atoms in total. The summed E-state index contributed by atoms with van der Waals surface area (Å²) in [6, 6.07) is 9.63. The van der Waals surface area contributed by atoms with E-state index in [1.807, 2.05) is 12.1 Å². The number of aromatic amines is 1. The lowest BCUT2D eigenvalue weighted by atomic mass is 10.1. The van der Waals surface area contributed by atoms with Crippen molar-refractivity contribution >= 4 is 28.5 Å². The van der Waals surface area contributed by atoms with Crippen molar-refractivity contribution in [2.24, 2.45) is 4.99 Å². The Balaban J connectivity index is 1.75. The Morgan fingerprint density at radius 2 is 2.03 bits per heavy atom. The molecule has 4 rings (SSSR count). The number of amides is 2. The number of nitrogens with zero attached hydrogens (tertiary/aromatic N) is 3. The lowest BCUT2D eigenvalue weighted by Crippen LogP contribution is -2.48. The molecule has 34 heavy (non-hydrogen) atoms. The summed E-state index contributed by atoms with van der Waals surface area (Å²) in [7, 11) is 1.58. The highest BCUT2D eigenvalue weighted by Crippen LogP contribution is 2.29. The SMILES string of the molecule is COCCCn1/c(=N/C(=O)c2cccc(C(F)(F)F)c2)[nH]c2cc(N3CCNCC3=O)ccc21. The summed E-state index contributed by atoms with van der Waals surface area (Å²) in [4.78, 5) is 33.9. The number of imidazole rings is 1. The number of alkyl halides is 3. The number of aryl methyl sites for hydroxylation is 1. The molecule has 1 aliphatic rings. The van der Waals surface area contributed by atoms with Crippen LogP contribution < -0.4 is 15.8 Å². The zero-order valence-corrected chi connectivity index (χ0v) is 18.5. The number of nitrogens with one attached hydrogen (secondary N) is 2. The van der Waals surface area contributed by atoms with E-state index < -0.39 is 17.6 Å². The summed E-state index contributed by atoms with van der Waals surface area (Å²) in [6.45, 7) is 2.41. The number of benzene rings is 2. The molecule has 11 heteroatoms. The molecule has 0 radical (unpaired) electrons. The molecular formula is C23H24F3N5O3. The Labute approximate surface area is 193 Å². The van der Waals surface area contributed by atoms with E-state index in [9.17, 15) is 22.8 Å². The van der Waals surface area contributed by atoms with Crippen molar-refractivity contribution in [2.45, 2.75) is 19.1 Å². The number of piperazine rings is 1. The van der Waals surface area contributed by atoms with E-state index in [-0.39, 0.29) is 23.6 Å². The summed E-state index contributed by atoms with van der Waals surface area (Å²) >= 11 is 0. The van der Waals surface area contributed by atoms with E-state index in [1.54, 1.807) is 22.6 Å². The highest BCUT2D eigenvalue weighted by Gasteiger charge is 2.31. The van der Waals surface area contributed by atoms with Crippen LogP contribution in [0.1, 0.15) is 22.3 Å². The predicted octanol–water partition coefficient (Wildman–Crippen LogP) is 2.70. The van der Waals surface area contributed by atoms with Crippen molar-refractivity contribution < 1.29 is 27.5 Å². The number of carbonyl (C=O) groups is 2. The average molecular weight is 475 g/mol. The van der Waals surface area contributed by atoms with E-state index in [0.717, 1.165) is 17.6 Å². The Kier molecular flexibility index (Phi) is 6.85. The van der Waals surface area contributed by atoms with Gasteiger partial charge in [0, 0.05) is 44.6 Å². The zero-order chi connectivity index (χ0) is 24.3. The molecule has 0 bridgehead atoms. The summed E-state index contributed by atoms with van der Waals surface area (Å²) < 4.78 is 46.1. The number of fused-ring (bicyclic) bond motifs is 1. The van der Waals surface area contributed by atoms with Crippen LogP contribution in [0.5, 0.6) is 0 Å². The number of aromatic nitrogens is 2. The first kappa shape index (κ1) is 23.7. The first-order valence-corrected chi connectivity index (χ1v) is 10.8. The third kappa shape index (κ3) is 5.05. The minimum absolute atomic E-state index is 0.0465. The third-order valence-corrected chi connectivity index (χ3v) is 5.55. The minimum atomic E-state index is -4.56. The first-order valence-electron chi connectivity index (χ1n) is 10.8. The van der Waals surface area contributed by atoms with Crippen molar-refractivity contribution in [1.29, 1.82) is 0 Å². The largest absolute Gasteiger partial charge is 0.416 e. The molecular weight excluding hydrogens is 451 g/mol. The number of hydrogen-bond acceptors (Lipinski definition) is 4. The van der Waals surface area contributed by atoms with Crippen LogP contribution in [0.15, 0.2) is 47.5 Å². The normalized spacial score (nSPS) is 15.4. The van der Waals surface area contributed by atoms with Crippen molar-refractivity contribution in [3.63, 3.8) is 0 Å². The van der Waals surface area contributed by atoms with Gasteiger partial charge in [-0.05, 0) is 42.8 Å². The zero-order valence-electron chi connectivity index (χ0n) is 18.5. The van der Waals surface area contributed by atoms with E-state index in [2.05, 4.69) is 15.3 Å². The molecule has 2 aromatic carbocycles. The number of rotatable bonds is 6. The second kappa shape index (κ2) is 9.82. The van der Waals surface area contributed by atoms with Crippen LogP contribution >= 0.6 is 0 Å². The number of hydrogen-bond donors (Lipinski definition) is 2. The van der Waals surface area contributed by atoms with Crippen molar-refractivity contribution in [3.05, 3.63) is 59.2 Å². The van der Waals surface area contributed by atoms with Crippen LogP contribution in [0.2, 0.25) is 0 Å². The van der Waals surface area contributed by atoms with Crippen molar-refractivity contribution in [3.8, 4) is 0 Å². The Morgan fingerprint density at radius 1 is 1.21 bits per heavy atom. The van der Waals surface area contributed by atoms with Gasteiger partial charge in [-0.2, -0.15) is 18.2 Å². The number of halogens is 3. The molecule has 0 unspecified atom stereocenters. The quantitative estimate of drug-likeness (QED) is 0.537. The molecule has 1 fully saturated rings. The van der Waals surface area contributed by atoms with Gasteiger partial charge in [-0.15, -0.1) is 0 Å². The summed E-state index contributed by atoms with van der Waals surface area (Å²) in [5, 5.41) is 3.03. The number of carbonyl (C=O) groups excluding carboxylic acids is 2. The molecule has 1 aromatic heterocycles. The first-order chi connectivity index (χ1) is 16.3. The van der Waals surface area contributed by atoms with Crippen LogP contribution in [0.3, 0.4) is 0 Å². The summed E-state index contributed by atoms with van der Waals surface area (Å²) in [5.74, 6) is -0.842. The van der Waals surface area contributed by atoms with Crippen LogP contribution in [-0.4, -0.2) is 54.7 Å². The molecule has 1 aliphatic heterocycles. The third-order valence-electron chi connectivity index (χ3n) is 5.55. The van der Waals surface area contributed by atoms with Gasteiger partial charge in [-0.3, -0.25) is 9.59 Å². The number of H-pyrrole nitrogens is 1. The fourth-order valence-electron chi connectivity index (χ4n) is 3.88. The molecule has 2 amide bonds. The van der Waals surface area contributed by atoms with Gasteiger partial charge in [0.1, 0.15) is 0 Å². The molecule has 2 heterocycles. The van der Waals surface area contributed by atoms with Crippen LogP contribution in [0.25, 0.3) is 11.0 Å². The molecule has 2 N–H and O–H groups in total. The van der Waals surface area contributed by atoms with Gasteiger partial charge < -0.3 is 24.5 Å². The lowest BCUT2D eigenvalue weighted by molar-refractivity contribution is -0.137. The fraction of sp³-hybridized carbons (Fsp3) is 0.348. The van der Waals surface area contributed by atoms with Crippen LogP contribution in [0.4, 0.5) is 18.9 Å². The number of methoxy groups -OCH3 is 1. The monoisotopic (exact) mass is 475 g/mol. The van der Waals surface area contributed by atoms with Gasteiger partial charge in [0.2, 0.25) is 11.5 Å². The van der Waals surface area contributed by atoms with Gasteiger partial charge in [0.05, 0.1) is 23.1 Å². The van der Waals surface area contributed by atoms with Gasteiger partial charge in [-0.25, -0.2) is 0 Å². The lowest BCUT2D eigenvalue weighted by Gasteiger charge is -2.27. The van der Waals surface area contributed by atoms with Crippen LogP contribution in [-0.2, 0) is 22.3 Å². The second-order valence-electron chi connectivity index (χ2n) is 7.87. The van der Waals surface area contributed by atoms with Crippen molar-refractivity contribution in [2.75, 3.05) is 38.3 Å². The molecule has 0 saturated carbocycles. The second-order valence-corrected chi connectivity index (χ2v) is 7.87. The summed E-state index contributed by atoms with van der Waals surface area (Å²) in [6.07, 6.45) is -3.93. The maximum absolute atomic E-state index is 13.1. The predicted molar refractivity (Wildman–Crippen MR) is 119 cm³/mol. The van der Waals surface area contributed by atoms with Gasteiger partial charge in [-0.1, -0.05) is 6.07 Å². The smallest absolute Gasteiger partial charge is 0.385 e. The van der Waals surface area contributed by atoms with E-state index in [1.165, 1.54) is 12.1 Å². The molecule has 0 atom stereocenters. The average Bonchev–Trinajstić information content (AvgIpc) is 3.15. The number of anilines is 1. The topological polar surface area (TPSA) is 91.7 Å². The standard InChI is InChI=1S/C23H24F3N5O3/c1-34-11-3-9-31-19-7-6-17(30-10-8-27-14-20(30)32)13-18(19)28-22(31)29-21(33)15-4-2-5-16(12-15)23(24,25)26/h2,4-7,12-13,27H,3,8-11,14H2,1H3,(H,28,29,33).